The van der Waals surface area contributed by atoms with Crippen LogP contribution >= 0.6 is 0 Å². The van der Waals surface area contributed by atoms with Gasteiger partial charge in [-0.2, -0.15) is 0 Å². The van der Waals surface area contributed by atoms with Crippen molar-refractivity contribution in [1.29, 1.82) is 0 Å². The van der Waals surface area contributed by atoms with Crippen LogP contribution in [0.4, 0.5) is 0 Å². The van der Waals surface area contributed by atoms with Gasteiger partial charge in [0.25, 0.3) is 0 Å². The number of benzene rings is 2. The van der Waals surface area contributed by atoms with Crippen molar-refractivity contribution in [2.24, 2.45) is 5.41 Å². The zero-order valence-electron chi connectivity index (χ0n) is 22.2. The summed E-state index contributed by atoms with van der Waals surface area (Å²) in [6.45, 7) is 6.37. The van der Waals surface area contributed by atoms with Gasteiger partial charge in [0.15, 0.2) is 6.29 Å². The smallest absolute Gasteiger partial charge is 0.338 e. The largest absolute Gasteiger partial charge is 0.497 e. The van der Waals surface area contributed by atoms with Crippen molar-refractivity contribution < 1.29 is 38.4 Å². The number of nitrogens with one attached hydrogen (secondary N) is 2. The zero-order chi connectivity index (χ0) is 27.7. The van der Waals surface area contributed by atoms with Gasteiger partial charge in [-0.3, -0.25) is 9.59 Å². The molecule has 0 radical (unpaired) electrons. The predicted octanol–water partition coefficient (Wildman–Crippen LogP) is 2.50. The summed E-state index contributed by atoms with van der Waals surface area (Å²) in [5, 5.41) is 15.7. The van der Waals surface area contributed by atoms with Crippen LogP contribution in [-0.2, 0) is 30.3 Å². The van der Waals surface area contributed by atoms with Crippen molar-refractivity contribution in [2.75, 3.05) is 26.9 Å². The number of esters is 1. The van der Waals surface area contributed by atoms with E-state index in [0.717, 1.165) is 11.1 Å². The molecule has 1 fully saturated rings. The van der Waals surface area contributed by atoms with E-state index in [1.165, 1.54) is 0 Å². The Balaban J connectivity index is 1.45. The lowest BCUT2D eigenvalue weighted by Crippen LogP contribution is -2.52. The standard InChI is InChI=1S/C28H36N2O8/c1-5-36-26(34)19-8-6-18(7-9-19)16-30-24(32)22(31)14-15-29-25(33)23-28(2,3)17-37-27(38-23)20-10-12-21(35-4)13-11-20/h6-13,22-23,27,31H,5,14-17H2,1-4H3,(H,29,33)(H,30,32)/t22?,23?,27-/m1/s1. The minimum Gasteiger partial charge on any atom is -0.497 e. The molecule has 1 heterocycles. The number of ether oxygens (including phenoxy) is 4. The van der Waals surface area contributed by atoms with Crippen molar-refractivity contribution >= 4 is 17.8 Å². The molecule has 1 aliphatic rings. The van der Waals surface area contributed by atoms with Gasteiger partial charge in [-0.15, -0.1) is 0 Å². The first-order chi connectivity index (χ1) is 18.1. The van der Waals surface area contributed by atoms with Crippen molar-refractivity contribution in [3.63, 3.8) is 0 Å². The van der Waals surface area contributed by atoms with Crippen molar-refractivity contribution in [3.05, 3.63) is 65.2 Å². The fourth-order valence-corrected chi connectivity index (χ4v) is 3.90. The van der Waals surface area contributed by atoms with Gasteiger partial charge in [0.05, 0.1) is 25.9 Å². The van der Waals surface area contributed by atoms with Gasteiger partial charge in [0.2, 0.25) is 11.8 Å². The third-order valence-corrected chi connectivity index (χ3v) is 6.15. The summed E-state index contributed by atoms with van der Waals surface area (Å²) in [4.78, 5) is 37.0. The van der Waals surface area contributed by atoms with E-state index in [-0.39, 0.29) is 25.4 Å². The maximum atomic E-state index is 12.9. The average molecular weight is 529 g/mol. The number of methoxy groups -OCH3 is 1. The highest BCUT2D eigenvalue weighted by Crippen LogP contribution is 2.36. The van der Waals surface area contributed by atoms with E-state index in [1.807, 2.05) is 26.0 Å². The average Bonchev–Trinajstić information content (AvgIpc) is 2.92. The molecule has 206 valence electrons. The van der Waals surface area contributed by atoms with Gasteiger partial charge in [-0.1, -0.05) is 38.1 Å². The number of hydrogen-bond acceptors (Lipinski definition) is 8. The zero-order valence-corrected chi connectivity index (χ0v) is 22.2. The first kappa shape index (κ1) is 29.1. The van der Waals surface area contributed by atoms with Crippen LogP contribution in [0.25, 0.3) is 0 Å². The Labute approximate surface area is 222 Å². The highest BCUT2D eigenvalue weighted by atomic mass is 16.7. The van der Waals surface area contributed by atoms with Crippen LogP contribution in [0, 0.1) is 5.41 Å². The number of rotatable bonds is 11. The maximum Gasteiger partial charge on any atom is 0.338 e. The van der Waals surface area contributed by atoms with Gasteiger partial charge in [-0.05, 0) is 43.2 Å². The quantitative estimate of drug-likeness (QED) is 0.379. The Morgan fingerprint density at radius 3 is 2.39 bits per heavy atom. The topological polar surface area (TPSA) is 132 Å². The molecular formula is C28H36N2O8. The van der Waals surface area contributed by atoms with E-state index >= 15 is 0 Å². The normalized spacial score (nSPS) is 19.2. The third kappa shape index (κ3) is 7.77. The fourth-order valence-electron chi connectivity index (χ4n) is 3.90. The van der Waals surface area contributed by atoms with E-state index < -0.39 is 35.8 Å². The molecule has 10 nitrogen and oxygen atoms in total. The predicted molar refractivity (Wildman–Crippen MR) is 138 cm³/mol. The van der Waals surface area contributed by atoms with Gasteiger partial charge >= 0.3 is 5.97 Å². The summed E-state index contributed by atoms with van der Waals surface area (Å²) in [6, 6.07) is 13.9. The summed E-state index contributed by atoms with van der Waals surface area (Å²) in [5.41, 5.74) is 1.37. The molecule has 2 amide bonds. The Hall–Kier alpha value is -3.47. The minimum absolute atomic E-state index is 0.0327. The fraction of sp³-hybridized carbons (Fsp3) is 0.464. The molecule has 3 N–H and O–H groups in total. The summed E-state index contributed by atoms with van der Waals surface area (Å²) in [7, 11) is 1.58. The summed E-state index contributed by atoms with van der Waals surface area (Å²) >= 11 is 0. The van der Waals surface area contributed by atoms with Crippen LogP contribution in [-0.4, -0.2) is 62.0 Å². The maximum absolute atomic E-state index is 12.9. The number of aliphatic hydroxyl groups excluding tert-OH is 1. The molecule has 2 aromatic carbocycles. The Morgan fingerprint density at radius 2 is 1.76 bits per heavy atom. The molecule has 0 saturated carbocycles. The van der Waals surface area contributed by atoms with Crippen LogP contribution < -0.4 is 15.4 Å². The van der Waals surface area contributed by atoms with Gasteiger partial charge < -0.3 is 34.7 Å². The summed E-state index contributed by atoms with van der Waals surface area (Å²) < 4.78 is 22.0. The molecule has 10 heteroatoms. The van der Waals surface area contributed by atoms with E-state index in [2.05, 4.69) is 10.6 Å². The van der Waals surface area contributed by atoms with Gasteiger partial charge in [0.1, 0.15) is 18.0 Å². The van der Waals surface area contributed by atoms with E-state index in [1.54, 1.807) is 50.4 Å². The monoisotopic (exact) mass is 528 g/mol. The highest BCUT2D eigenvalue weighted by molar-refractivity contribution is 5.89. The SMILES string of the molecule is CCOC(=O)c1ccc(CNC(=O)C(O)CCNC(=O)C2O[C@H](c3ccc(OC)cc3)OCC2(C)C)cc1. The lowest BCUT2D eigenvalue weighted by Gasteiger charge is -2.41. The van der Waals surface area contributed by atoms with Crippen molar-refractivity contribution in [2.45, 2.75) is 52.2 Å². The van der Waals surface area contributed by atoms with Crippen molar-refractivity contribution in [1.82, 2.24) is 10.6 Å². The molecule has 3 rings (SSSR count). The number of hydrogen-bond donors (Lipinski definition) is 3. The Morgan fingerprint density at radius 1 is 1.08 bits per heavy atom. The third-order valence-electron chi connectivity index (χ3n) is 6.15. The molecule has 3 atom stereocenters. The lowest BCUT2D eigenvalue weighted by molar-refractivity contribution is -0.258. The Kier molecular flexibility index (Phi) is 10.2. The molecule has 38 heavy (non-hydrogen) atoms. The molecule has 1 saturated heterocycles. The van der Waals surface area contributed by atoms with Gasteiger partial charge in [-0.25, -0.2) is 4.79 Å². The van der Waals surface area contributed by atoms with Crippen molar-refractivity contribution in [3.8, 4) is 5.75 Å². The van der Waals surface area contributed by atoms with Crippen LogP contribution in [0.2, 0.25) is 0 Å². The number of amides is 2. The van der Waals surface area contributed by atoms with Crippen LogP contribution in [0.15, 0.2) is 48.5 Å². The molecule has 0 aliphatic carbocycles. The first-order valence-electron chi connectivity index (χ1n) is 12.5. The minimum atomic E-state index is -1.30. The highest BCUT2D eigenvalue weighted by Gasteiger charge is 2.43. The second-order valence-electron chi connectivity index (χ2n) is 9.65. The van der Waals surface area contributed by atoms with E-state index in [9.17, 15) is 19.5 Å². The second-order valence-corrected chi connectivity index (χ2v) is 9.65. The molecular weight excluding hydrogens is 492 g/mol. The Bertz CT molecular complexity index is 1090. The number of aliphatic hydroxyl groups is 1. The molecule has 1 aliphatic heterocycles. The first-order valence-corrected chi connectivity index (χ1v) is 12.5. The summed E-state index contributed by atoms with van der Waals surface area (Å²) in [5.74, 6) is -0.609. The van der Waals surface area contributed by atoms with E-state index in [0.29, 0.717) is 24.5 Å². The van der Waals surface area contributed by atoms with Gasteiger partial charge in [0, 0.05) is 24.1 Å². The van der Waals surface area contributed by atoms with E-state index in [4.69, 9.17) is 18.9 Å². The molecule has 2 unspecified atom stereocenters. The molecule has 2 aromatic rings. The molecule has 0 bridgehead atoms. The summed E-state index contributed by atoms with van der Waals surface area (Å²) in [6.07, 6.45) is -2.76. The lowest BCUT2D eigenvalue weighted by atomic mass is 9.85. The second kappa shape index (κ2) is 13.4. The van der Waals surface area contributed by atoms with Crippen LogP contribution in [0.3, 0.4) is 0 Å². The molecule has 0 spiro atoms. The number of carbonyl (C=O) groups excluding carboxylic acids is 3. The van der Waals surface area contributed by atoms with Crippen LogP contribution in [0.5, 0.6) is 5.75 Å². The number of carbonyl (C=O) groups is 3. The molecule has 0 aromatic heterocycles. The van der Waals surface area contributed by atoms with Crippen LogP contribution in [0.1, 0.15) is 55.0 Å².